The van der Waals surface area contributed by atoms with Crippen molar-refractivity contribution in [3.63, 3.8) is 0 Å². The molecule has 2 aromatic rings. The van der Waals surface area contributed by atoms with Gasteiger partial charge in [-0.3, -0.25) is 4.79 Å². The minimum Gasteiger partial charge on any atom is -0.361 e. The summed E-state index contributed by atoms with van der Waals surface area (Å²) >= 11 is 6.02. The molecule has 0 radical (unpaired) electrons. The number of nitrogens with one attached hydrogen (secondary N) is 1. The van der Waals surface area contributed by atoms with Crippen LogP contribution in [0.3, 0.4) is 0 Å². The Bertz CT molecular complexity index is 530. The maximum atomic E-state index is 11.5. The smallest absolute Gasteiger partial charge is 0.189 e. The summed E-state index contributed by atoms with van der Waals surface area (Å²) < 4.78 is 0. The molecule has 0 saturated carbocycles. The lowest BCUT2D eigenvalue weighted by Gasteiger charge is -2.03. The SMILES string of the molecule is CCc1cc2[nH]ccc(=O)c2cc1Cl. The third-order valence-corrected chi connectivity index (χ3v) is 2.66. The predicted octanol–water partition coefficient (Wildman–Crippen LogP) is 2.74. The van der Waals surface area contributed by atoms with Crippen molar-refractivity contribution in [2.24, 2.45) is 0 Å². The van der Waals surface area contributed by atoms with E-state index in [0.717, 1.165) is 17.5 Å². The van der Waals surface area contributed by atoms with E-state index in [4.69, 9.17) is 11.6 Å². The number of rotatable bonds is 1. The first-order valence-corrected chi connectivity index (χ1v) is 4.90. The highest BCUT2D eigenvalue weighted by Gasteiger charge is 2.03. The summed E-state index contributed by atoms with van der Waals surface area (Å²) in [6.45, 7) is 2.04. The Kier molecular flexibility index (Phi) is 2.30. The number of halogens is 1. The Hall–Kier alpha value is -1.28. The summed E-state index contributed by atoms with van der Waals surface area (Å²) in [6.07, 6.45) is 2.52. The van der Waals surface area contributed by atoms with Crippen molar-refractivity contribution in [1.29, 1.82) is 0 Å². The number of hydrogen-bond acceptors (Lipinski definition) is 1. The molecule has 2 rings (SSSR count). The van der Waals surface area contributed by atoms with Crippen LogP contribution in [0.1, 0.15) is 12.5 Å². The van der Waals surface area contributed by atoms with E-state index in [9.17, 15) is 4.79 Å². The highest BCUT2D eigenvalue weighted by Crippen LogP contribution is 2.20. The fourth-order valence-corrected chi connectivity index (χ4v) is 1.81. The Balaban J connectivity index is 2.86. The number of aryl methyl sites for hydroxylation is 1. The van der Waals surface area contributed by atoms with Crippen molar-refractivity contribution < 1.29 is 0 Å². The van der Waals surface area contributed by atoms with Crippen LogP contribution in [-0.2, 0) is 6.42 Å². The average molecular weight is 208 g/mol. The number of aromatic nitrogens is 1. The average Bonchev–Trinajstić information content (AvgIpc) is 2.19. The van der Waals surface area contributed by atoms with E-state index in [1.54, 1.807) is 12.3 Å². The van der Waals surface area contributed by atoms with Gasteiger partial charge in [0, 0.05) is 28.2 Å². The summed E-state index contributed by atoms with van der Waals surface area (Å²) in [7, 11) is 0. The third kappa shape index (κ3) is 1.42. The molecule has 0 amide bonds. The zero-order valence-electron chi connectivity index (χ0n) is 7.80. The molecule has 0 spiro atoms. The Labute approximate surface area is 86.5 Å². The number of fused-ring (bicyclic) bond motifs is 1. The monoisotopic (exact) mass is 207 g/mol. The molecule has 3 heteroatoms. The van der Waals surface area contributed by atoms with E-state index in [1.165, 1.54) is 6.07 Å². The van der Waals surface area contributed by atoms with Gasteiger partial charge in [0.1, 0.15) is 0 Å². The summed E-state index contributed by atoms with van der Waals surface area (Å²) in [4.78, 5) is 14.5. The molecule has 1 heterocycles. The molecule has 1 N–H and O–H groups in total. The van der Waals surface area contributed by atoms with E-state index >= 15 is 0 Å². The van der Waals surface area contributed by atoms with Gasteiger partial charge in [-0.05, 0) is 24.1 Å². The molecule has 0 aliphatic carbocycles. The van der Waals surface area contributed by atoms with Crippen molar-refractivity contribution in [2.75, 3.05) is 0 Å². The normalized spacial score (nSPS) is 10.7. The van der Waals surface area contributed by atoms with Crippen LogP contribution in [0.15, 0.2) is 29.2 Å². The lowest BCUT2D eigenvalue weighted by Crippen LogP contribution is -2.00. The predicted molar refractivity (Wildman–Crippen MR) is 59.0 cm³/mol. The number of benzene rings is 1. The van der Waals surface area contributed by atoms with Crippen LogP contribution in [-0.4, -0.2) is 4.98 Å². The summed E-state index contributed by atoms with van der Waals surface area (Å²) in [6, 6.07) is 5.16. The van der Waals surface area contributed by atoms with Crippen molar-refractivity contribution in [2.45, 2.75) is 13.3 Å². The van der Waals surface area contributed by atoms with Crippen molar-refractivity contribution in [3.05, 3.63) is 45.2 Å². The molecular weight excluding hydrogens is 198 g/mol. The lowest BCUT2D eigenvalue weighted by atomic mass is 10.1. The zero-order chi connectivity index (χ0) is 10.1. The van der Waals surface area contributed by atoms with Gasteiger partial charge in [-0.2, -0.15) is 0 Å². The van der Waals surface area contributed by atoms with Gasteiger partial charge in [0.25, 0.3) is 0 Å². The molecule has 0 aliphatic heterocycles. The van der Waals surface area contributed by atoms with E-state index < -0.39 is 0 Å². The number of hydrogen-bond donors (Lipinski definition) is 1. The second kappa shape index (κ2) is 3.46. The van der Waals surface area contributed by atoms with Crippen LogP contribution in [0.5, 0.6) is 0 Å². The molecule has 0 bridgehead atoms. The Morgan fingerprint density at radius 3 is 2.93 bits per heavy atom. The van der Waals surface area contributed by atoms with Gasteiger partial charge in [0.15, 0.2) is 5.43 Å². The van der Waals surface area contributed by atoms with Crippen LogP contribution in [0.4, 0.5) is 0 Å². The standard InChI is InChI=1S/C11H10ClNO/c1-2-7-5-10-8(6-9(7)12)11(14)3-4-13-10/h3-6H,2H2,1H3,(H,13,14). The molecule has 1 aromatic carbocycles. The topological polar surface area (TPSA) is 32.9 Å². The van der Waals surface area contributed by atoms with Gasteiger partial charge in [-0.15, -0.1) is 0 Å². The molecule has 1 aromatic heterocycles. The van der Waals surface area contributed by atoms with Crippen LogP contribution >= 0.6 is 11.6 Å². The van der Waals surface area contributed by atoms with E-state index in [2.05, 4.69) is 4.98 Å². The van der Waals surface area contributed by atoms with Gasteiger partial charge >= 0.3 is 0 Å². The van der Waals surface area contributed by atoms with E-state index in [-0.39, 0.29) is 5.43 Å². The van der Waals surface area contributed by atoms with Gasteiger partial charge in [-0.25, -0.2) is 0 Å². The fourth-order valence-electron chi connectivity index (χ4n) is 1.51. The highest BCUT2D eigenvalue weighted by atomic mass is 35.5. The molecule has 0 aliphatic rings. The minimum absolute atomic E-state index is 0.00306. The quantitative estimate of drug-likeness (QED) is 0.767. The molecular formula is C11H10ClNO. The fraction of sp³-hybridized carbons (Fsp3) is 0.182. The van der Waals surface area contributed by atoms with E-state index in [1.807, 2.05) is 13.0 Å². The first-order chi connectivity index (χ1) is 6.72. The highest BCUT2D eigenvalue weighted by molar-refractivity contribution is 6.32. The molecule has 2 nitrogen and oxygen atoms in total. The number of aromatic amines is 1. The van der Waals surface area contributed by atoms with Gasteiger partial charge in [-0.1, -0.05) is 18.5 Å². The molecule has 0 saturated heterocycles. The van der Waals surface area contributed by atoms with Gasteiger partial charge in [0.05, 0.1) is 0 Å². The maximum absolute atomic E-state index is 11.5. The number of pyridine rings is 1. The largest absolute Gasteiger partial charge is 0.361 e. The van der Waals surface area contributed by atoms with Crippen LogP contribution in [0, 0.1) is 0 Å². The zero-order valence-corrected chi connectivity index (χ0v) is 8.56. The summed E-state index contributed by atoms with van der Waals surface area (Å²) in [5.74, 6) is 0. The van der Waals surface area contributed by atoms with E-state index in [0.29, 0.717) is 10.4 Å². The molecule has 0 atom stereocenters. The Morgan fingerprint density at radius 2 is 2.21 bits per heavy atom. The van der Waals surface area contributed by atoms with Gasteiger partial charge < -0.3 is 4.98 Å². The molecule has 14 heavy (non-hydrogen) atoms. The van der Waals surface area contributed by atoms with Crippen molar-refractivity contribution >= 4 is 22.5 Å². The van der Waals surface area contributed by atoms with Crippen molar-refractivity contribution in [1.82, 2.24) is 4.98 Å². The van der Waals surface area contributed by atoms with Crippen molar-refractivity contribution in [3.8, 4) is 0 Å². The Morgan fingerprint density at radius 1 is 1.43 bits per heavy atom. The first kappa shape index (κ1) is 9.28. The third-order valence-electron chi connectivity index (χ3n) is 2.31. The van der Waals surface area contributed by atoms with Gasteiger partial charge in [0.2, 0.25) is 0 Å². The summed E-state index contributed by atoms with van der Waals surface area (Å²) in [5.41, 5.74) is 1.91. The lowest BCUT2D eigenvalue weighted by molar-refractivity contribution is 1.14. The maximum Gasteiger partial charge on any atom is 0.189 e. The summed E-state index contributed by atoms with van der Waals surface area (Å²) in [5, 5.41) is 1.31. The minimum atomic E-state index is 0.00306. The second-order valence-corrected chi connectivity index (χ2v) is 3.59. The second-order valence-electron chi connectivity index (χ2n) is 3.18. The molecule has 72 valence electrons. The van der Waals surface area contributed by atoms with Crippen LogP contribution in [0.2, 0.25) is 5.02 Å². The van der Waals surface area contributed by atoms with Crippen LogP contribution < -0.4 is 5.43 Å². The molecule has 0 fully saturated rings. The number of H-pyrrole nitrogens is 1. The van der Waals surface area contributed by atoms with Crippen LogP contribution in [0.25, 0.3) is 10.9 Å². The molecule has 0 unspecified atom stereocenters. The first-order valence-electron chi connectivity index (χ1n) is 4.52.